The summed E-state index contributed by atoms with van der Waals surface area (Å²) in [7, 11) is 4.59. The van der Waals surface area contributed by atoms with E-state index in [0.29, 0.717) is 34.2 Å². The van der Waals surface area contributed by atoms with Gasteiger partial charge < -0.3 is 24.4 Å². The summed E-state index contributed by atoms with van der Waals surface area (Å²) < 4.78 is 16.0. The molecule has 1 aromatic carbocycles. The van der Waals surface area contributed by atoms with Crippen LogP contribution in [-0.2, 0) is 9.63 Å². The van der Waals surface area contributed by atoms with Crippen molar-refractivity contribution in [2.24, 2.45) is 5.16 Å². The predicted octanol–water partition coefficient (Wildman–Crippen LogP) is 2.89. The SMILES string of the molecule is COc1cc(C2=NOC(C(=O)Nc3cccnc3Cl)C2)cc(OC)c1OC. The van der Waals surface area contributed by atoms with Crippen LogP contribution in [0.5, 0.6) is 17.2 Å². The monoisotopic (exact) mass is 391 g/mol. The number of amides is 1. The molecule has 0 radical (unpaired) electrons. The summed E-state index contributed by atoms with van der Waals surface area (Å²) in [6.07, 6.45) is 1.04. The van der Waals surface area contributed by atoms with Crippen LogP contribution in [-0.4, -0.2) is 44.0 Å². The lowest BCUT2D eigenvalue weighted by atomic mass is 10.0. The number of nitrogens with zero attached hydrogens (tertiary/aromatic N) is 2. The second-order valence-electron chi connectivity index (χ2n) is 5.58. The van der Waals surface area contributed by atoms with Crippen molar-refractivity contribution in [1.29, 1.82) is 0 Å². The fourth-order valence-electron chi connectivity index (χ4n) is 2.63. The van der Waals surface area contributed by atoms with Gasteiger partial charge >= 0.3 is 0 Å². The number of pyridine rings is 1. The van der Waals surface area contributed by atoms with Crippen LogP contribution in [0.1, 0.15) is 12.0 Å². The number of anilines is 1. The van der Waals surface area contributed by atoms with Gasteiger partial charge in [-0.25, -0.2) is 4.98 Å². The predicted molar refractivity (Wildman–Crippen MR) is 100 cm³/mol. The van der Waals surface area contributed by atoms with Crippen LogP contribution in [0.3, 0.4) is 0 Å². The molecule has 27 heavy (non-hydrogen) atoms. The van der Waals surface area contributed by atoms with Crippen LogP contribution in [0.15, 0.2) is 35.6 Å². The van der Waals surface area contributed by atoms with Gasteiger partial charge in [0.1, 0.15) is 0 Å². The lowest BCUT2D eigenvalue weighted by molar-refractivity contribution is -0.125. The van der Waals surface area contributed by atoms with E-state index < -0.39 is 6.10 Å². The topological polar surface area (TPSA) is 91.3 Å². The fourth-order valence-corrected chi connectivity index (χ4v) is 2.80. The number of rotatable bonds is 6. The van der Waals surface area contributed by atoms with Crippen molar-refractivity contribution in [3.8, 4) is 17.2 Å². The zero-order chi connectivity index (χ0) is 19.4. The average molecular weight is 392 g/mol. The summed E-state index contributed by atoms with van der Waals surface area (Å²) in [5, 5.41) is 6.92. The number of hydrogen-bond donors (Lipinski definition) is 1. The Balaban J connectivity index is 1.76. The van der Waals surface area contributed by atoms with Crippen molar-refractivity contribution in [2.75, 3.05) is 26.6 Å². The van der Waals surface area contributed by atoms with E-state index in [4.69, 9.17) is 30.6 Å². The lowest BCUT2D eigenvalue weighted by Crippen LogP contribution is -2.28. The number of carbonyl (C=O) groups is 1. The molecule has 0 aliphatic carbocycles. The molecule has 2 heterocycles. The maximum Gasteiger partial charge on any atom is 0.268 e. The third kappa shape index (κ3) is 3.90. The van der Waals surface area contributed by atoms with E-state index in [0.717, 1.165) is 0 Å². The van der Waals surface area contributed by atoms with Crippen molar-refractivity contribution >= 4 is 28.9 Å². The third-order valence-corrected chi connectivity index (χ3v) is 4.28. The van der Waals surface area contributed by atoms with E-state index in [2.05, 4.69) is 15.5 Å². The molecule has 1 N–H and O–H groups in total. The Labute approximate surface area is 161 Å². The number of hydrogen-bond acceptors (Lipinski definition) is 7. The van der Waals surface area contributed by atoms with E-state index in [1.165, 1.54) is 27.5 Å². The van der Waals surface area contributed by atoms with Crippen molar-refractivity contribution in [2.45, 2.75) is 12.5 Å². The third-order valence-electron chi connectivity index (χ3n) is 3.98. The minimum Gasteiger partial charge on any atom is -0.493 e. The molecule has 1 aliphatic heterocycles. The number of ether oxygens (including phenoxy) is 3. The van der Waals surface area contributed by atoms with Crippen LogP contribution in [0.2, 0.25) is 5.15 Å². The smallest absolute Gasteiger partial charge is 0.268 e. The number of methoxy groups -OCH3 is 3. The van der Waals surface area contributed by atoms with Gasteiger partial charge in [-0.3, -0.25) is 4.79 Å². The zero-order valence-electron chi connectivity index (χ0n) is 15.0. The van der Waals surface area contributed by atoms with Crippen molar-refractivity contribution in [3.05, 3.63) is 41.2 Å². The maximum absolute atomic E-state index is 12.4. The summed E-state index contributed by atoms with van der Waals surface area (Å²) in [5.41, 5.74) is 1.71. The minimum absolute atomic E-state index is 0.203. The first-order valence-electron chi connectivity index (χ1n) is 8.01. The molecule has 0 spiro atoms. The molecule has 2 aromatic rings. The highest BCUT2D eigenvalue weighted by Crippen LogP contribution is 2.39. The van der Waals surface area contributed by atoms with Gasteiger partial charge in [0.15, 0.2) is 16.7 Å². The molecular formula is C18H18ClN3O5. The van der Waals surface area contributed by atoms with Gasteiger partial charge in [-0.15, -0.1) is 0 Å². The van der Waals surface area contributed by atoms with E-state index in [-0.39, 0.29) is 17.5 Å². The van der Waals surface area contributed by atoms with Crippen molar-refractivity contribution in [1.82, 2.24) is 4.98 Å². The summed E-state index contributed by atoms with van der Waals surface area (Å²) in [4.78, 5) is 21.6. The highest BCUT2D eigenvalue weighted by Gasteiger charge is 2.30. The van der Waals surface area contributed by atoms with Gasteiger partial charge in [0, 0.05) is 18.2 Å². The largest absolute Gasteiger partial charge is 0.493 e. The molecule has 1 aliphatic rings. The Bertz CT molecular complexity index is 862. The summed E-state index contributed by atoms with van der Waals surface area (Å²) >= 11 is 5.96. The number of aromatic nitrogens is 1. The van der Waals surface area contributed by atoms with E-state index in [9.17, 15) is 4.79 Å². The number of carbonyl (C=O) groups excluding carboxylic acids is 1. The van der Waals surface area contributed by atoms with Crippen LogP contribution in [0.4, 0.5) is 5.69 Å². The van der Waals surface area contributed by atoms with E-state index in [1.807, 2.05) is 0 Å². The number of oxime groups is 1. The average Bonchev–Trinajstić information content (AvgIpc) is 3.19. The molecule has 1 amide bonds. The number of halogens is 1. The van der Waals surface area contributed by atoms with Crippen LogP contribution in [0, 0.1) is 0 Å². The molecule has 1 atom stereocenters. The minimum atomic E-state index is -0.782. The molecule has 1 aromatic heterocycles. The first-order valence-corrected chi connectivity index (χ1v) is 8.39. The molecule has 0 saturated heterocycles. The summed E-state index contributed by atoms with van der Waals surface area (Å²) in [6.45, 7) is 0. The van der Waals surface area contributed by atoms with Gasteiger partial charge in [-0.1, -0.05) is 16.8 Å². The van der Waals surface area contributed by atoms with Crippen molar-refractivity contribution < 1.29 is 23.8 Å². The molecule has 142 valence electrons. The van der Waals surface area contributed by atoms with Crippen LogP contribution >= 0.6 is 11.6 Å². The van der Waals surface area contributed by atoms with Crippen molar-refractivity contribution in [3.63, 3.8) is 0 Å². The van der Waals surface area contributed by atoms with E-state index in [1.54, 1.807) is 24.3 Å². The quantitative estimate of drug-likeness (QED) is 0.761. The number of nitrogens with one attached hydrogen (secondary N) is 1. The summed E-state index contributed by atoms with van der Waals surface area (Å²) in [5.74, 6) is 1.09. The summed E-state index contributed by atoms with van der Waals surface area (Å²) in [6, 6.07) is 6.83. The molecule has 3 rings (SSSR count). The Hall–Kier alpha value is -3.00. The van der Waals surface area contributed by atoms with E-state index >= 15 is 0 Å². The zero-order valence-corrected chi connectivity index (χ0v) is 15.7. The lowest BCUT2D eigenvalue weighted by Gasteiger charge is -2.14. The standard InChI is InChI=1S/C18H18ClN3O5/c1-24-13-7-10(8-14(25-2)16(13)26-3)12-9-15(27-22-12)18(23)21-11-5-4-6-20-17(11)19/h4-8,15H,9H2,1-3H3,(H,21,23). The second kappa shape index (κ2) is 8.13. The molecule has 0 fully saturated rings. The maximum atomic E-state index is 12.4. The normalized spacial score (nSPS) is 15.6. The highest BCUT2D eigenvalue weighted by molar-refractivity contribution is 6.32. The van der Waals surface area contributed by atoms with Gasteiger partial charge in [0.2, 0.25) is 11.9 Å². The fraction of sp³-hybridized carbons (Fsp3) is 0.278. The Morgan fingerprint density at radius 2 is 1.93 bits per heavy atom. The molecule has 8 nitrogen and oxygen atoms in total. The second-order valence-corrected chi connectivity index (χ2v) is 5.94. The number of benzene rings is 1. The van der Waals surface area contributed by atoms with Gasteiger partial charge in [0.05, 0.1) is 32.7 Å². The first kappa shape index (κ1) is 18.8. The molecule has 9 heteroatoms. The Morgan fingerprint density at radius 3 is 2.52 bits per heavy atom. The molecule has 0 saturated carbocycles. The molecular weight excluding hydrogens is 374 g/mol. The Kier molecular flexibility index (Phi) is 5.66. The van der Waals surface area contributed by atoms with Crippen LogP contribution in [0.25, 0.3) is 0 Å². The van der Waals surface area contributed by atoms with Gasteiger partial charge in [-0.2, -0.15) is 0 Å². The first-order chi connectivity index (χ1) is 13.1. The highest BCUT2D eigenvalue weighted by atomic mass is 35.5. The molecule has 1 unspecified atom stereocenters. The van der Waals surface area contributed by atoms with Crippen LogP contribution < -0.4 is 19.5 Å². The van der Waals surface area contributed by atoms with Gasteiger partial charge in [0.25, 0.3) is 5.91 Å². The van der Waals surface area contributed by atoms with Gasteiger partial charge in [-0.05, 0) is 24.3 Å². The molecule has 0 bridgehead atoms. The Morgan fingerprint density at radius 1 is 1.22 bits per heavy atom.